The molecule has 110 valence electrons. The Hall–Kier alpha value is -0.640. The molecule has 4 heteroatoms. The summed E-state index contributed by atoms with van der Waals surface area (Å²) in [5.74, 6) is -0.389. The van der Waals surface area contributed by atoms with Gasteiger partial charge in [-0.2, -0.15) is 0 Å². The molecule has 2 aliphatic carbocycles. The summed E-state index contributed by atoms with van der Waals surface area (Å²) in [6, 6.07) is 2.70. The Labute approximate surface area is 127 Å². The molecule has 1 aromatic carbocycles. The Morgan fingerprint density at radius 2 is 1.90 bits per heavy atom. The van der Waals surface area contributed by atoms with Crippen LogP contribution in [0.1, 0.15) is 40.0 Å². The first-order valence-electron chi connectivity index (χ1n) is 7.17. The monoisotopic (exact) mass is 343 g/mol. The van der Waals surface area contributed by atoms with Crippen molar-refractivity contribution < 1.29 is 8.78 Å². The second kappa shape index (κ2) is 4.43. The molecular formula is C16H20BrF2N. The molecule has 0 heterocycles. The fraction of sp³-hybridized carbons (Fsp3) is 0.625. The minimum Gasteiger partial charge on any atom is -0.379 e. The van der Waals surface area contributed by atoms with Crippen LogP contribution >= 0.6 is 15.9 Å². The molecule has 2 saturated carbocycles. The third-order valence-electron chi connectivity index (χ3n) is 6.13. The van der Waals surface area contributed by atoms with Gasteiger partial charge >= 0.3 is 0 Å². The van der Waals surface area contributed by atoms with Gasteiger partial charge in [0.25, 0.3) is 0 Å². The summed E-state index contributed by atoms with van der Waals surface area (Å²) < 4.78 is 27.5. The van der Waals surface area contributed by atoms with Crippen LogP contribution in [-0.2, 0) is 0 Å². The predicted octanol–water partition coefficient (Wildman–Crippen LogP) is 5.35. The van der Waals surface area contributed by atoms with Crippen molar-refractivity contribution in [1.29, 1.82) is 0 Å². The van der Waals surface area contributed by atoms with Gasteiger partial charge in [-0.3, -0.25) is 0 Å². The van der Waals surface area contributed by atoms with Crippen LogP contribution in [0.25, 0.3) is 0 Å². The van der Waals surface area contributed by atoms with Gasteiger partial charge in [0.2, 0.25) is 0 Å². The van der Waals surface area contributed by atoms with E-state index in [1.165, 1.54) is 18.9 Å². The topological polar surface area (TPSA) is 12.0 Å². The van der Waals surface area contributed by atoms with E-state index >= 15 is 0 Å². The standard InChI is InChI=1S/C16H20BrF2N/c1-15(2)9-4-5-16(15,3)14(6-9)20-13-7-10(17)11(18)8-12(13)19/h7-9,14,20H,4-6H2,1-3H3. The molecule has 1 N–H and O–H groups in total. The van der Waals surface area contributed by atoms with Crippen LogP contribution in [0, 0.1) is 28.4 Å². The molecule has 0 aliphatic heterocycles. The average Bonchev–Trinajstić information content (AvgIpc) is 2.69. The first kappa shape index (κ1) is 14.3. The molecule has 0 spiro atoms. The molecule has 0 saturated heterocycles. The van der Waals surface area contributed by atoms with Crippen LogP contribution in [0.15, 0.2) is 16.6 Å². The van der Waals surface area contributed by atoms with Crippen LogP contribution in [0.3, 0.4) is 0 Å². The van der Waals surface area contributed by atoms with Crippen LogP contribution < -0.4 is 5.32 Å². The van der Waals surface area contributed by atoms with E-state index in [-0.39, 0.29) is 16.9 Å². The highest BCUT2D eigenvalue weighted by Gasteiger charge is 2.61. The highest BCUT2D eigenvalue weighted by molar-refractivity contribution is 9.10. The SMILES string of the molecule is CC1(C)C2CCC1(C)C(Nc1cc(Br)c(F)cc1F)C2. The van der Waals surface area contributed by atoms with Crippen molar-refractivity contribution in [2.75, 3.05) is 5.32 Å². The number of hydrogen-bond donors (Lipinski definition) is 1. The van der Waals surface area contributed by atoms with Crippen molar-refractivity contribution >= 4 is 21.6 Å². The number of hydrogen-bond acceptors (Lipinski definition) is 1. The molecule has 3 unspecified atom stereocenters. The lowest BCUT2D eigenvalue weighted by molar-refractivity contribution is 0.142. The van der Waals surface area contributed by atoms with E-state index in [0.29, 0.717) is 16.1 Å². The summed E-state index contributed by atoms with van der Waals surface area (Å²) in [4.78, 5) is 0. The van der Waals surface area contributed by atoms with Crippen molar-refractivity contribution in [3.8, 4) is 0 Å². The van der Waals surface area contributed by atoms with Crippen molar-refractivity contribution in [2.24, 2.45) is 16.7 Å². The summed E-state index contributed by atoms with van der Waals surface area (Å²) in [5.41, 5.74) is 0.844. The molecule has 1 nitrogen and oxygen atoms in total. The molecule has 0 aromatic heterocycles. The van der Waals surface area contributed by atoms with Gasteiger partial charge in [-0.1, -0.05) is 20.8 Å². The maximum Gasteiger partial charge on any atom is 0.149 e. The average molecular weight is 344 g/mol. The molecule has 0 radical (unpaired) electrons. The quantitative estimate of drug-likeness (QED) is 0.713. The Morgan fingerprint density at radius 1 is 1.20 bits per heavy atom. The van der Waals surface area contributed by atoms with Gasteiger partial charge in [0, 0.05) is 12.1 Å². The number of anilines is 1. The van der Waals surface area contributed by atoms with Crippen LogP contribution in [0.4, 0.5) is 14.5 Å². The fourth-order valence-electron chi connectivity index (χ4n) is 4.24. The lowest BCUT2D eigenvalue weighted by atomic mass is 9.69. The molecule has 1 aromatic rings. The van der Waals surface area contributed by atoms with Gasteiger partial charge in [0.05, 0.1) is 10.2 Å². The highest BCUT2D eigenvalue weighted by atomic mass is 79.9. The van der Waals surface area contributed by atoms with E-state index in [1.54, 1.807) is 0 Å². The summed E-state index contributed by atoms with van der Waals surface area (Å²) in [7, 11) is 0. The highest BCUT2D eigenvalue weighted by Crippen LogP contribution is 2.65. The summed E-state index contributed by atoms with van der Waals surface area (Å²) >= 11 is 3.12. The number of rotatable bonds is 2. The zero-order chi connectivity index (χ0) is 14.7. The minimum absolute atomic E-state index is 0.172. The smallest absolute Gasteiger partial charge is 0.149 e. The molecule has 2 fully saturated rings. The van der Waals surface area contributed by atoms with Crippen molar-refractivity contribution in [3.63, 3.8) is 0 Å². The minimum atomic E-state index is -0.562. The first-order chi connectivity index (χ1) is 9.25. The maximum atomic E-state index is 13.9. The summed E-state index contributed by atoms with van der Waals surface area (Å²) in [6.07, 6.45) is 3.50. The third kappa shape index (κ3) is 1.83. The van der Waals surface area contributed by atoms with Gasteiger partial charge in [-0.15, -0.1) is 0 Å². The van der Waals surface area contributed by atoms with Gasteiger partial charge in [-0.25, -0.2) is 8.78 Å². The predicted molar refractivity (Wildman–Crippen MR) is 80.7 cm³/mol. The van der Waals surface area contributed by atoms with Crippen LogP contribution in [0.5, 0.6) is 0 Å². The second-order valence-corrected chi connectivity index (χ2v) is 7.91. The van der Waals surface area contributed by atoms with E-state index < -0.39 is 11.6 Å². The van der Waals surface area contributed by atoms with Crippen molar-refractivity contribution in [1.82, 2.24) is 0 Å². The number of nitrogens with one attached hydrogen (secondary N) is 1. The van der Waals surface area contributed by atoms with Gasteiger partial charge in [-0.05, 0) is 58.0 Å². The van der Waals surface area contributed by atoms with E-state index in [9.17, 15) is 8.78 Å². The lowest BCUT2D eigenvalue weighted by Gasteiger charge is -2.40. The number of halogens is 3. The first-order valence-corrected chi connectivity index (χ1v) is 7.96. The molecule has 3 rings (SSSR count). The Balaban J connectivity index is 1.89. The second-order valence-electron chi connectivity index (χ2n) is 7.05. The van der Waals surface area contributed by atoms with Crippen molar-refractivity contribution in [2.45, 2.75) is 46.1 Å². The fourth-order valence-corrected chi connectivity index (χ4v) is 4.59. The Morgan fingerprint density at radius 3 is 2.45 bits per heavy atom. The molecule has 2 aliphatic rings. The number of benzene rings is 1. The Kier molecular flexibility index (Phi) is 3.16. The van der Waals surface area contributed by atoms with E-state index in [0.717, 1.165) is 12.5 Å². The molecule has 20 heavy (non-hydrogen) atoms. The summed E-state index contributed by atoms with van der Waals surface area (Å²) in [5, 5.41) is 3.33. The van der Waals surface area contributed by atoms with E-state index in [4.69, 9.17) is 0 Å². The van der Waals surface area contributed by atoms with Gasteiger partial charge in [0.1, 0.15) is 11.6 Å². The zero-order valence-corrected chi connectivity index (χ0v) is 13.7. The van der Waals surface area contributed by atoms with Crippen LogP contribution in [-0.4, -0.2) is 6.04 Å². The van der Waals surface area contributed by atoms with Crippen molar-refractivity contribution in [3.05, 3.63) is 28.2 Å². The third-order valence-corrected chi connectivity index (χ3v) is 6.74. The molecule has 2 bridgehead atoms. The molecule has 0 amide bonds. The normalized spacial score (nSPS) is 34.5. The van der Waals surface area contributed by atoms with Gasteiger partial charge < -0.3 is 5.32 Å². The summed E-state index contributed by atoms with van der Waals surface area (Å²) in [6.45, 7) is 6.95. The largest absolute Gasteiger partial charge is 0.379 e. The number of fused-ring (bicyclic) bond motifs is 2. The van der Waals surface area contributed by atoms with E-state index in [1.807, 2.05) is 0 Å². The maximum absolute atomic E-state index is 13.9. The van der Waals surface area contributed by atoms with Crippen LogP contribution in [0.2, 0.25) is 0 Å². The Bertz CT molecular complexity index is 558. The van der Waals surface area contributed by atoms with Gasteiger partial charge in [0.15, 0.2) is 0 Å². The zero-order valence-electron chi connectivity index (χ0n) is 12.1. The van der Waals surface area contributed by atoms with E-state index in [2.05, 4.69) is 42.0 Å². The molecule has 3 atom stereocenters. The molecular weight excluding hydrogens is 324 g/mol. The lowest BCUT2D eigenvalue weighted by Crippen LogP contribution is -2.40.